The highest BCUT2D eigenvalue weighted by Crippen LogP contribution is 2.19. The minimum absolute atomic E-state index is 1.02. The Bertz CT molecular complexity index is 394. The van der Waals surface area contributed by atoms with E-state index < -0.39 is 0 Å². The van der Waals surface area contributed by atoms with Gasteiger partial charge in [-0.1, -0.05) is 52.9 Å². The van der Waals surface area contributed by atoms with Gasteiger partial charge in [0.2, 0.25) is 0 Å². The molecule has 2 rings (SSSR count). The predicted molar refractivity (Wildman–Crippen MR) is 80.9 cm³/mol. The highest BCUT2D eigenvalue weighted by Gasteiger charge is 1.99. The zero-order chi connectivity index (χ0) is 13.8. The number of fused-ring (bicyclic) bond motifs is 1. The SMILES string of the molecule is CC.CC.CC.Cc1cnc2sc(C)nc2c1. The smallest absolute Gasteiger partial charge is 0.143 e. The summed E-state index contributed by atoms with van der Waals surface area (Å²) >= 11 is 1.64. The summed E-state index contributed by atoms with van der Waals surface area (Å²) in [7, 11) is 0. The highest BCUT2D eigenvalue weighted by atomic mass is 32.1. The number of hydrogen-bond donors (Lipinski definition) is 0. The van der Waals surface area contributed by atoms with Gasteiger partial charge in [-0.15, -0.1) is 0 Å². The van der Waals surface area contributed by atoms with E-state index in [1.54, 1.807) is 11.3 Å². The monoisotopic (exact) mass is 254 g/mol. The lowest BCUT2D eigenvalue weighted by atomic mass is 10.3. The number of pyridine rings is 1. The Morgan fingerprint density at radius 1 is 0.941 bits per heavy atom. The first kappa shape index (κ1) is 18.4. The van der Waals surface area contributed by atoms with Crippen LogP contribution >= 0.6 is 11.3 Å². The number of aromatic nitrogens is 2. The minimum atomic E-state index is 1.02. The predicted octanol–water partition coefficient (Wildman–Crippen LogP) is 5.39. The normalized spacial score (nSPS) is 8.00. The van der Waals surface area contributed by atoms with E-state index in [-0.39, 0.29) is 0 Å². The summed E-state index contributed by atoms with van der Waals surface area (Å²) in [6, 6.07) is 2.06. The van der Waals surface area contributed by atoms with Crippen molar-refractivity contribution in [3.05, 3.63) is 22.8 Å². The standard InChI is InChI=1S/C8H8N2S.3C2H6/c1-5-3-7-8(9-4-5)11-6(2)10-7;3*1-2/h3-4H,1-2H3;3*1-2H3. The lowest BCUT2D eigenvalue weighted by Gasteiger charge is -1.87. The number of hydrogen-bond acceptors (Lipinski definition) is 3. The van der Waals surface area contributed by atoms with E-state index in [9.17, 15) is 0 Å². The molecule has 98 valence electrons. The van der Waals surface area contributed by atoms with Gasteiger partial charge in [-0.05, 0) is 25.5 Å². The van der Waals surface area contributed by atoms with Gasteiger partial charge in [0.25, 0.3) is 0 Å². The van der Waals surface area contributed by atoms with Crippen LogP contribution in [0.4, 0.5) is 0 Å². The molecule has 0 aromatic carbocycles. The van der Waals surface area contributed by atoms with Crippen LogP contribution in [0.2, 0.25) is 0 Å². The second-order valence-corrected chi connectivity index (χ2v) is 3.75. The summed E-state index contributed by atoms with van der Waals surface area (Å²) in [6.07, 6.45) is 1.87. The lowest BCUT2D eigenvalue weighted by Crippen LogP contribution is -1.76. The first-order valence-electron chi connectivity index (χ1n) is 6.45. The van der Waals surface area contributed by atoms with Crippen LogP contribution in [-0.2, 0) is 0 Å². The van der Waals surface area contributed by atoms with E-state index in [4.69, 9.17) is 0 Å². The van der Waals surface area contributed by atoms with Gasteiger partial charge in [0.05, 0.1) is 5.01 Å². The molecule has 0 atom stereocenters. The maximum absolute atomic E-state index is 4.33. The number of aryl methyl sites for hydroxylation is 2. The molecule has 0 saturated heterocycles. The Kier molecular flexibility index (Phi) is 12.5. The quantitative estimate of drug-likeness (QED) is 0.630. The van der Waals surface area contributed by atoms with Gasteiger partial charge in [0.1, 0.15) is 10.3 Å². The van der Waals surface area contributed by atoms with E-state index in [1.807, 2.05) is 61.6 Å². The molecular formula is C14H26N2S. The van der Waals surface area contributed by atoms with Crippen molar-refractivity contribution in [3.63, 3.8) is 0 Å². The summed E-state index contributed by atoms with van der Waals surface area (Å²) in [5, 5.41) is 1.08. The molecule has 2 aromatic rings. The topological polar surface area (TPSA) is 25.8 Å². The number of nitrogens with zero attached hydrogens (tertiary/aromatic N) is 2. The number of rotatable bonds is 0. The van der Waals surface area contributed by atoms with Crippen molar-refractivity contribution in [1.82, 2.24) is 9.97 Å². The van der Waals surface area contributed by atoms with Crippen molar-refractivity contribution >= 4 is 21.7 Å². The van der Waals surface area contributed by atoms with E-state index >= 15 is 0 Å². The summed E-state index contributed by atoms with van der Waals surface area (Å²) < 4.78 is 0. The van der Waals surface area contributed by atoms with Crippen LogP contribution in [0.1, 0.15) is 52.1 Å². The van der Waals surface area contributed by atoms with Crippen LogP contribution in [-0.4, -0.2) is 9.97 Å². The Hall–Kier alpha value is -0.960. The Morgan fingerprint density at radius 3 is 2.00 bits per heavy atom. The molecule has 0 unspecified atom stereocenters. The summed E-state index contributed by atoms with van der Waals surface area (Å²) in [4.78, 5) is 9.62. The maximum Gasteiger partial charge on any atom is 0.143 e. The van der Waals surface area contributed by atoms with Gasteiger partial charge in [0, 0.05) is 6.20 Å². The zero-order valence-corrected chi connectivity index (χ0v) is 13.3. The van der Waals surface area contributed by atoms with Gasteiger partial charge in [-0.2, -0.15) is 0 Å². The minimum Gasteiger partial charge on any atom is -0.243 e. The van der Waals surface area contributed by atoms with Crippen LogP contribution in [0.25, 0.3) is 10.3 Å². The molecule has 0 bridgehead atoms. The molecule has 0 saturated carbocycles. The fourth-order valence-electron chi connectivity index (χ4n) is 1.03. The first-order valence-corrected chi connectivity index (χ1v) is 7.27. The van der Waals surface area contributed by atoms with Gasteiger partial charge in [-0.3, -0.25) is 0 Å². The average Bonchev–Trinajstić information content (AvgIpc) is 2.76. The molecule has 0 amide bonds. The second kappa shape index (κ2) is 11.5. The van der Waals surface area contributed by atoms with Crippen LogP contribution in [0.5, 0.6) is 0 Å². The molecule has 0 aliphatic heterocycles. The largest absolute Gasteiger partial charge is 0.243 e. The third-order valence-electron chi connectivity index (χ3n) is 1.49. The van der Waals surface area contributed by atoms with Crippen molar-refractivity contribution in [3.8, 4) is 0 Å². The van der Waals surface area contributed by atoms with Crippen LogP contribution in [0.3, 0.4) is 0 Å². The van der Waals surface area contributed by atoms with E-state index in [1.165, 1.54) is 5.56 Å². The molecule has 17 heavy (non-hydrogen) atoms. The highest BCUT2D eigenvalue weighted by molar-refractivity contribution is 7.18. The first-order chi connectivity index (χ1) is 8.25. The molecule has 0 fully saturated rings. The van der Waals surface area contributed by atoms with Gasteiger partial charge >= 0.3 is 0 Å². The Balaban J connectivity index is 0. The maximum atomic E-state index is 4.33. The molecular weight excluding hydrogens is 228 g/mol. The van der Waals surface area contributed by atoms with Crippen molar-refractivity contribution < 1.29 is 0 Å². The molecule has 0 N–H and O–H groups in total. The van der Waals surface area contributed by atoms with Crippen LogP contribution < -0.4 is 0 Å². The third-order valence-corrected chi connectivity index (χ3v) is 2.39. The summed E-state index contributed by atoms with van der Waals surface area (Å²) in [6.45, 7) is 16.0. The molecule has 0 aliphatic rings. The molecule has 0 spiro atoms. The molecule has 3 heteroatoms. The van der Waals surface area contributed by atoms with Gasteiger partial charge in [-0.25, -0.2) is 9.97 Å². The Morgan fingerprint density at radius 2 is 1.47 bits per heavy atom. The zero-order valence-electron chi connectivity index (χ0n) is 12.5. The van der Waals surface area contributed by atoms with Gasteiger partial charge < -0.3 is 0 Å². The molecule has 2 heterocycles. The summed E-state index contributed by atoms with van der Waals surface area (Å²) in [5.74, 6) is 0. The second-order valence-electron chi connectivity index (χ2n) is 2.57. The van der Waals surface area contributed by atoms with Crippen molar-refractivity contribution in [2.75, 3.05) is 0 Å². The summed E-state index contributed by atoms with van der Waals surface area (Å²) in [5.41, 5.74) is 2.19. The molecule has 0 aliphatic carbocycles. The van der Waals surface area contributed by atoms with E-state index in [0.29, 0.717) is 0 Å². The van der Waals surface area contributed by atoms with Crippen molar-refractivity contribution in [2.24, 2.45) is 0 Å². The van der Waals surface area contributed by atoms with Crippen LogP contribution in [0, 0.1) is 13.8 Å². The molecule has 2 aromatic heterocycles. The van der Waals surface area contributed by atoms with Gasteiger partial charge in [0.15, 0.2) is 0 Å². The Labute approximate surface area is 110 Å². The third kappa shape index (κ3) is 6.37. The fourth-order valence-corrected chi connectivity index (χ4v) is 1.77. The average molecular weight is 254 g/mol. The lowest BCUT2D eigenvalue weighted by molar-refractivity contribution is 1.30. The molecule has 2 nitrogen and oxygen atoms in total. The van der Waals surface area contributed by atoms with E-state index in [2.05, 4.69) is 16.0 Å². The molecule has 0 radical (unpaired) electrons. The van der Waals surface area contributed by atoms with Crippen LogP contribution in [0.15, 0.2) is 12.3 Å². The van der Waals surface area contributed by atoms with Crippen molar-refractivity contribution in [1.29, 1.82) is 0 Å². The number of thiazole rings is 1. The van der Waals surface area contributed by atoms with E-state index in [0.717, 1.165) is 15.4 Å². The fraction of sp³-hybridized carbons (Fsp3) is 0.571. The van der Waals surface area contributed by atoms with Crippen molar-refractivity contribution in [2.45, 2.75) is 55.4 Å².